The minimum absolute atomic E-state index is 0.736. The maximum atomic E-state index is 3.62. The van der Waals surface area contributed by atoms with E-state index in [4.69, 9.17) is 0 Å². The van der Waals surface area contributed by atoms with Gasteiger partial charge < -0.3 is 5.32 Å². The zero-order valence-electron chi connectivity index (χ0n) is 13.3. The number of nitrogens with one attached hydrogen (secondary N) is 1. The molecule has 2 rings (SSSR count). The molecule has 2 aliphatic rings. The molecular formula is C17H34N2. The SMILES string of the molecule is CCCC1CCC(NC)C(N2CCCCC2CC)C1. The summed E-state index contributed by atoms with van der Waals surface area (Å²) in [5, 5.41) is 3.62. The summed E-state index contributed by atoms with van der Waals surface area (Å²) in [6, 6.07) is 2.40. The van der Waals surface area contributed by atoms with Crippen LogP contribution in [0.4, 0.5) is 0 Å². The first-order valence-electron chi connectivity index (χ1n) is 8.73. The van der Waals surface area contributed by atoms with Crippen LogP contribution in [-0.4, -0.2) is 36.6 Å². The van der Waals surface area contributed by atoms with E-state index in [9.17, 15) is 0 Å². The fourth-order valence-corrected chi connectivity index (χ4v) is 4.50. The van der Waals surface area contributed by atoms with Crippen molar-refractivity contribution >= 4 is 0 Å². The number of rotatable bonds is 5. The Hall–Kier alpha value is -0.0800. The highest BCUT2D eigenvalue weighted by molar-refractivity contribution is 4.94. The van der Waals surface area contributed by atoms with Gasteiger partial charge in [-0.2, -0.15) is 0 Å². The maximum Gasteiger partial charge on any atom is 0.0254 e. The van der Waals surface area contributed by atoms with Gasteiger partial charge in [0, 0.05) is 18.1 Å². The predicted octanol–water partition coefficient (Wildman–Crippen LogP) is 3.81. The number of likely N-dealkylation sites (N-methyl/N-ethyl adjacent to an activating group) is 1. The molecule has 1 heterocycles. The van der Waals surface area contributed by atoms with Crippen LogP contribution < -0.4 is 5.32 Å². The Morgan fingerprint density at radius 1 is 1.11 bits per heavy atom. The highest BCUT2D eigenvalue weighted by atomic mass is 15.2. The van der Waals surface area contributed by atoms with Crippen LogP contribution in [0.1, 0.15) is 71.6 Å². The molecular weight excluding hydrogens is 232 g/mol. The van der Waals surface area contributed by atoms with E-state index in [-0.39, 0.29) is 0 Å². The first-order chi connectivity index (χ1) is 9.30. The first kappa shape index (κ1) is 15.3. The smallest absolute Gasteiger partial charge is 0.0254 e. The molecule has 4 unspecified atom stereocenters. The molecule has 0 radical (unpaired) electrons. The Balaban J connectivity index is 2.03. The molecule has 2 nitrogen and oxygen atoms in total. The van der Waals surface area contributed by atoms with Crippen LogP contribution in [-0.2, 0) is 0 Å². The molecule has 0 aromatic carbocycles. The minimum atomic E-state index is 0.736. The molecule has 1 saturated heterocycles. The van der Waals surface area contributed by atoms with E-state index in [1.54, 1.807) is 0 Å². The topological polar surface area (TPSA) is 15.3 Å². The van der Waals surface area contributed by atoms with Crippen molar-refractivity contribution in [2.24, 2.45) is 5.92 Å². The van der Waals surface area contributed by atoms with Gasteiger partial charge in [0.1, 0.15) is 0 Å². The second-order valence-electron chi connectivity index (χ2n) is 6.73. The Kier molecular flexibility index (Phi) is 6.15. The van der Waals surface area contributed by atoms with Crippen molar-refractivity contribution in [3.05, 3.63) is 0 Å². The van der Waals surface area contributed by atoms with Gasteiger partial charge in [-0.1, -0.05) is 33.1 Å². The van der Waals surface area contributed by atoms with Crippen LogP contribution in [0.2, 0.25) is 0 Å². The summed E-state index contributed by atoms with van der Waals surface area (Å²) in [5.41, 5.74) is 0. The van der Waals surface area contributed by atoms with Gasteiger partial charge in [-0.05, 0) is 58.0 Å². The van der Waals surface area contributed by atoms with Crippen molar-refractivity contribution < 1.29 is 0 Å². The zero-order valence-corrected chi connectivity index (χ0v) is 13.3. The average molecular weight is 266 g/mol. The molecule has 1 saturated carbocycles. The fraction of sp³-hybridized carbons (Fsp3) is 1.00. The van der Waals surface area contributed by atoms with Crippen LogP contribution in [0.5, 0.6) is 0 Å². The number of piperidine rings is 1. The lowest BCUT2D eigenvalue weighted by molar-refractivity contribution is 0.0359. The van der Waals surface area contributed by atoms with Crippen molar-refractivity contribution in [2.75, 3.05) is 13.6 Å². The molecule has 4 atom stereocenters. The van der Waals surface area contributed by atoms with E-state index in [0.29, 0.717) is 0 Å². The van der Waals surface area contributed by atoms with Crippen molar-refractivity contribution in [3.8, 4) is 0 Å². The maximum absolute atomic E-state index is 3.62. The Labute approximate surface area is 120 Å². The number of likely N-dealkylation sites (tertiary alicyclic amines) is 1. The van der Waals surface area contributed by atoms with Gasteiger partial charge in [0.25, 0.3) is 0 Å². The first-order valence-corrected chi connectivity index (χ1v) is 8.73. The monoisotopic (exact) mass is 266 g/mol. The molecule has 1 aliphatic carbocycles. The average Bonchev–Trinajstić information content (AvgIpc) is 2.47. The Morgan fingerprint density at radius 2 is 1.95 bits per heavy atom. The van der Waals surface area contributed by atoms with Crippen LogP contribution in [0, 0.1) is 5.92 Å². The van der Waals surface area contributed by atoms with Crippen LogP contribution in [0.3, 0.4) is 0 Å². The van der Waals surface area contributed by atoms with E-state index >= 15 is 0 Å². The molecule has 19 heavy (non-hydrogen) atoms. The van der Waals surface area contributed by atoms with E-state index in [2.05, 4.69) is 31.1 Å². The minimum Gasteiger partial charge on any atom is -0.315 e. The summed E-state index contributed by atoms with van der Waals surface area (Å²) in [6.45, 7) is 6.07. The normalized spacial score (nSPS) is 37.4. The third-order valence-corrected chi connectivity index (χ3v) is 5.56. The van der Waals surface area contributed by atoms with Gasteiger partial charge in [-0.15, -0.1) is 0 Å². The third kappa shape index (κ3) is 3.72. The number of hydrogen-bond acceptors (Lipinski definition) is 2. The molecule has 0 amide bonds. The van der Waals surface area contributed by atoms with Gasteiger partial charge in [0.2, 0.25) is 0 Å². The second-order valence-corrected chi connectivity index (χ2v) is 6.73. The highest BCUT2D eigenvalue weighted by Crippen LogP contribution is 2.34. The van der Waals surface area contributed by atoms with Crippen molar-refractivity contribution in [2.45, 2.75) is 89.8 Å². The van der Waals surface area contributed by atoms with E-state index in [1.165, 1.54) is 64.3 Å². The van der Waals surface area contributed by atoms with Crippen LogP contribution >= 0.6 is 0 Å². The molecule has 1 aliphatic heterocycles. The summed E-state index contributed by atoms with van der Waals surface area (Å²) in [6.07, 6.45) is 12.7. The van der Waals surface area contributed by atoms with Crippen molar-refractivity contribution in [3.63, 3.8) is 0 Å². The lowest BCUT2D eigenvalue weighted by Gasteiger charge is -2.48. The van der Waals surface area contributed by atoms with Gasteiger partial charge in [-0.25, -0.2) is 0 Å². The fourth-order valence-electron chi connectivity index (χ4n) is 4.50. The number of hydrogen-bond donors (Lipinski definition) is 1. The van der Waals surface area contributed by atoms with Gasteiger partial charge in [0.15, 0.2) is 0 Å². The summed E-state index contributed by atoms with van der Waals surface area (Å²) in [4.78, 5) is 2.88. The summed E-state index contributed by atoms with van der Waals surface area (Å²) < 4.78 is 0. The molecule has 0 bridgehead atoms. The zero-order chi connectivity index (χ0) is 13.7. The molecule has 0 spiro atoms. The summed E-state index contributed by atoms with van der Waals surface area (Å²) >= 11 is 0. The van der Waals surface area contributed by atoms with Crippen LogP contribution in [0.15, 0.2) is 0 Å². The van der Waals surface area contributed by atoms with E-state index < -0.39 is 0 Å². The molecule has 0 aromatic heterocycles. The van der Waals surface area contributed by atoms with E-state index in [1.807, 2.05) is 0 Å². The van der Waals surface area contributed by atoms with Gasteiger partial charge in [-0.3, -0.25) is 4.90 Å². The standard InChI is InChI=1S/C17H34N2/c1-4-8-14-10-11-16(18-3)17(13-14)19-12-7-6-9-15(19)5-2/h14-18H,4-13H2,1-3H3. The lowest BCUT2D eigenvalue weighted by Crippen LogP contribution is -2.56. The Morgan fingerprint density at radius 3 is 2.63 bits per heavy atom. The number of nitrogens with zero attached hydrogens (tertiary/aromatic N) is 1. The molecule has 0 aromatic rings. The summed E-state index contributed by atoms with van der Waals surface area (Å²) in [7, 11) is 2.17. The molecule has 1 N–H and O–H groups in total. The van der Waals surface area contributed by atoms with E-state index in [0.717, 1.165) is 24.0 Å². The lowest BCUT2D eigenvalue weighted by atomic mass is 9.78. The molecule has 2 fully saturated rings. The third-order valence-electron chi connectivity index (χ3n) is 5.56. The van der Waals surface area contributed by atoms with Crippen molar-refractivity contribution in [1.29, 1.82) is 0 Å². The predicted molar refractivity (Wildman–Crippen MR) is 83.5 cm³/mol. The van der Waals surface area contributed by atoms with Gasteiger partial charge in [0.05, 0.1) is 0 Å². The largest absolute Gasteiger partial charge is 0.315 e. The molecule has 2 heteroatoms. The van der Waals surface area contributed by atoms with Gasteiger partial charge >= 0.3 is 0 Å². The quantitative estimate of drug-likeness (QED) is 0.814. The van der Waals surface area contributed by atoms with Crippen molar-refractivity contribution in [1.82, 2.24) is 10.2 Å². The van der Waals surface area contributed by atoms with Crippen LogP contribution in [0.25, 0.3) is 0 Å². The molecule has 112 valence electrons. The summed E-state index contributed by atoms with van der Waals surface area (Å²) in [5.74, 6) is 0.985. The second kappa shape index (κ2) is 7.64. The Bertz CT molecular complexity index is 254. The highest BCUT2D eigenvalue weighted by Gasteiger charge is 2.36.